The molecular weight excluding hydrogens is 555 g/mol. The van der Waals surface area contributed by atoms with E-state index in [-0.39, 0.29) is 87.4 Å². The zero-order chi connectivity index (χ0) is 27.6. The second-order valence-corrected chi connectivity index (χ2v) is 8.46. The number of phosphoric ester groups is 1. The van der Waals surface area contributed by atoms with Crippen LogP contribution in [-0.4, -0.2) is 31.3 Å². The molecule has 0 bridgehead atoms. The molecule has 40 heavy (non-hydrogen) atoms. The van der Waals surface area contributed by atoms with E-state index in [1.54, 1.807) is 6.92 Å². The van der Waals surface area contributed by atoms with E-state index in [0.29, 0.717) is 6.42 Å². The first-order valence-electron chi connectivity index (χ1n) is 11.7. The molecule has 0 amide bonds. The van der Waals surface area contributed by atoms with Gasteiger partial charge in [-0.1, -0.05) is 57.8 Å². The van der Waals surface area contributed by atoms with Crippen molar-refractivity contribution in [3.8, 4) is 71.0 Å². The topological polar surface area (TPSA) is 160 Å². The number of ether oxygens (including phenoxy) is 2. The molecule has 1 atom stereocenters. The molecule has 0 aromatic carbocycles. The molecule has 0 aromatic rings. The third-order valence-corrected chi connectivity index (χ3v) is 4.67. The van der Waals surface area contributed by atoms with Crippen LogP contribution in [0.5, 0.6) is 0 Å². The van der Waals surface area contributed by atoms with Crippen LogP contribution in [0.1, 0.15) is 87.3 Å². The zero-order valence-corrected chi connectivity index (χ0v) is 28.7. The standard InChI is InChI=1S/C28H31O8P.H3N.2Na.11H2/c1-3-5-7-9-11-13-14-15-17-18-20-22-27(29)34-24-26(25-35-37(31,32)33)36-28(30)23-21-19-16-12-10-8-6-4-2;;;;;;;;;;;;;;/h26H,4,6,8,10,12,16,19,21,23-25H2,1-2H3,(H2,31,32,33);1H3;;;11*1H/q;;2*+1;;;;;;;;;;;/p-2/t26-;;;;;;;;;;;;;;/m1............../s1. The van der Waals surface area contributed by atoms with Crippen molar-refractivity contribution in [1.29, 1.82) is 0 Å². The van der Waals surface area contributed by atoms with Crippen LogP contribution >= 0.6 is 7.82 Å². The predicted molar refractivity (Wildman–Crippen MR) is 162 cm³/mol. The van der Waals surface area contributed by atoms with Crippen LogP contribution in [0.2, 0.25) is 0 Å². The summed E-state index contributed by atoms with van der Waals surface area (Å²) in [5.41, 5.74) is 0. The smallest absolute Gasteiger partial charge is 0.790 e. The minimum Gasteiger partial charge on any atom is -0.790 e. The summed E-state index contributed by atoms with van der Waals surface area (Å²) in [4.78, 5) is 45.3. The number of hydrogen-bond acceptors (Lipinski definition) is 9. The molecule has 0 saturated carbocycles. The first kappa shape index (κ1) is 45.4. The molecule has 0 saturated heterocycles. The molecule has 12 heteroatoms. The van der Waals surface area contributed by atoms with Gasteiger partial charge in [0.05, 0.1) is 14.4 Å². The Morgan fingerprint density at radius 1 is 0.775 bits per heavy atom. The number of carbonyl (C=O) groups excluding carboxylic acids is 2. The Balaban J connectivity index is -0.0000000712. The van der Waals surface area contributed by atoms with E-state index in [2.05, 4.69) is 82.5 Å². The Bertz CT molecular complexity index is 1200. The molecule has 3 N–H and O–H groups in total. The summed E-state index contributed by atoms with van der Waals surface area (Å²) in [5, 5.41) is 0. The molecular formula is C28H54NNa2O8P. The Labute approximate surface area is 299 Å². The van der Waals surface area contributed by atoms with E-state index in [9.17, 15) is 23.9 Å². The monoisotopic (exact) mass is 609 g/mol. The Hall–Kier alpha value is -1.63. The molecule has 0 radical (unpaired) electrons. The van der Waals surface area contributed by atoms with Crippen molar-refractivity contribution in [3.05, 3.63) is 0 Å². The van der Waals surface area contributed by atoms with Crippen molar-refractivity contribution in [1.82, 2.24) is 6.15 Å². The van der Waals surface area contributed by atoms with Gasteiger partial charge in [0.25, 0.3) is 0 Å². The molecule has 0 aliphatic carbocycles. The molecule has 0 unspecified atom stereocenters. The number of rotatable bonds is 15. The van der Waals surface area contributed by atoms with Crippen LogP contribution in [-0.2, 0) is 28.2 Å². The number of esters is 2. The van der Waals surface area contributed by atoms with E-state index < -0.39 is 39.1 Å². The van der Waals surface area contributed by atoms with Gasteiger partial charge in [-0.15, -0.1) is 0 Å². The van der Waals surface area contributed by atoms with Gasteiger partial charge < -0.3 is 34.5 Å². The van der Waals surface area contributed by atoms with E-state index >= 15 is 0 Å². The van der Waals surface area contributed by atoms with Gasteiger partial charge in [0, 0.05) is 28.0 Å². The molecule has 0 fully saturated rings. The van der Waals surface area contributed by atoms with Crippen molar-refractivity contribution in [2.75, 3.05) is 13.2 Å². The molecule has 0 spiro atoms. The summed E-state index contributed by atoms with van der Waals surface area (Å²) in [7, 11) is -5.31. The second kappa shape index (κ2) is 31.9. The fraction of sp³-hybridized carbons (Fsp3) is 0.500. The third-order valence-electron chi connectivity index (χ3n) is 4.20. The minimum absolute atomic E-state index is 0. The fourth-order valence-corrected chi connectivity index (χ4v) is 2.89. The van der Waals surface area contributed by atoms with Crippen molar-refractivity contribution in [3.63, 3.8) is 0 Å². The number of carbonyl (C=O) groups is 2. The maximum atomic E-state index is 12.1. The van der Waals surface area contributed by atoms with Crippen molar-refractivity contribution in [2.24, 2.45) is 0 Å². The van der Waals surface area contributed by atoms with Crippen LogP contribution in [0.4, 0.5) is 0 Å². The molecule has 0 aliphatic rings. The van der Waals surface area contributed by atoms with Crippen molar-refractivity contribution in [2.45, 2.75) is 77.7 Å². The summed E-state index contributed by atoms with van der Waals surface area (Å²) < 4.78 is 24.9. The van der Waals surface area contributed by atoms with Gasteiger partial charge in [-0.3, -0.25) is 4.79 Å². The SMILES string of the molecule is CC#CC#CC#CC#CC#CC#CC(=O)OC[C@H](COP(=O)([O-])[O-])OC(=O)CCCCCCCCCC.N.[HH].[HH].[HH].[HH].[HH].[HH].[HH].[HH].[HH].[HH].[HH].[Na+].[Na+]. The van der Waals surface area contributed by atoms with Crippen LogP contribution in [0.3, 0.4) is 0 Å². The first-order chi connectivity index (χ1) is 17.8. The van der Waals surface area contributed by atoms with Crippen LogP contribution < -0.4 is 75.1 Å². The average molecular weight is 610 g/mol. The first-order valence-corrected chi connectivity index (χ1v) is 13.2. The average Bonchev–Trinajstić information content (AvgIpc) is 2.85. The van der Waals surface area contributed by atoms with Gasteiger partial charge in [0.2, 0.25) is 0 Å². The summed E-state index contributed by atoms with van der Waals surface area (Å²) in [5.74, 6) is 27.0. The van der Waals surface area contributed by atoms with E-state index in [4.69, 9.17) is 9.47 Å². The Morgan fingerprint density at radius 3 is 1.75 bits per heavy atom. The number of phosphoric acid groups is 1. The molecule has 0 rings (SSSR count). The minimum atomic E-state index is -5.31. The summed E-state index contributed by atoms with van der Waals surface area (Å²) in [6.45, 7) is 2.47. The zero-order valence-electron chi connectivity index (χ0n) is 23.8. The predicted octanol–water partition coefficient (Wildman–Crippen LogP) is -1.27. The van der Waals surface area contributed by atoms with Crippen LogP contribution in [0.25, 0.3) is 0 Å². The van der Waals surface area contributed by atoms with E-state index in [1.807, 2.05) is 0 Å². The molecule has 9 nitrogen and oxygen atoms in total. The Morgan fingerprint density at radius 2 is 1.25 bits per heavy atom. The van der Waals surface area contributed by atoms with Gasteiger partial charge in [0.15, 0.2) is 6.10 Å². The van der Waals surface area contributed by atoms with E-state index in [0.717, 1.165) is 25.7 Å². The molecule has 0 heterocycles. The van der Waals surface area contributed by atoms with Gasteiger partial charge in [-0.2, -0.15) is 0 Å². The van der Waals surface area contributed by atoms with Crippen molar-refractivity contribution < 1.29 is 113 Å². The van der Waals surface area contributed by atoms with Crippen LogP contribution in [0, 0.1) is 71.0 Å². The molecule has 0 aliphatic heterocycles. The molecule has 226 valence electrons. The quantitative estimate of drug-likeness (QED) is 0.0597. The fourth-order valence-electron chi connectivity index (χ4n) is 2.54. The van der Waals surface area contributed by atoms with Crippen molar-refractivity contribution >= 4 is 19.8 Å². The van der Waals surface area contributed by atoms with Gasteiger partial charge in [-0.25, -0.2) is 4.79 Å². The maximum absolute atomic E-state index is 12.1. The maximum Gasteiger partial charge on any atom is 1.00 e. The van der Waals surface area contributed by atoms with Gasteiger partial charge >= 0.3 is 71.1 Å². The van der Waals surface area contributed by atoms with E-state index in [1.165, 1.54) is 19.3 Å². The Kier molecular flexibility index (Phi) is 36.2. The summed E-state index contributed by atoms with van der Waals surface area (Å²) >= 11 is 0. The third kappa shape index (κ3) is 34.4. The van der Waals surface area contributed by atoms with Gasteiger partial charge in [0.1, 0.15) is 6.61 Å². The second-order valence-electron chi connectivity index (χ2n) is 7.30. The summed E-state index contributed by atoms with van der Waals surface area (Å²) in [6.07, 6.45) is 7.13. The van der Waals surface area contributed by atoms with Gasteiger partial charge in [-0.05, 0) is 72.5 Å². The summed E-state index contributed by atoms with van der Waals surface area (Å²) in [6, 6.07) is 0. The number of unbranched alkanes of at least 4 members (excludes halogenated alkanes) is 7. The largest absolute Gasteiger partial charge is 1.00 e. The van der Waals surface area contributed by atoms with Crippen LogP contribution in [0.15, 0.2) is 0 Å². The number of hydrogen-bond donors (Lipinski definition) is 1. The normalized spacial score (nSPS) is 9.10. The molecule has 0 aromatic heterocycles.